The molecule has 1 aromatic rings. The molecule has 0 saturated carbocycles. The van der Waals surface area contributed by atoms with Gasteiger partial charge in [0, 0.05) is 5.69 Å². The predicted octanol–water partition coefficient (Wildman–Crippen LogP) is -0.317. The lowest BCUT2D eigenvalue weighted by Gasteiger charge is -1.99. The molecule has 0 radical (unpaired) electrons. The molecule has 1 amide bonds. The number of amides is 1. The minimum absolute atomic E-state index is 0.144. The van der Waals surface area contributed by atoms with Crippen molar-refractivity contribution in [3.8, 4) is 0 Å². The number of carbonyl (C=O) groups excluding carboxylic acids is 1. The molecular weight excluding hydrogens is 166 g/mol. The molecule has 0 aliphatic carbocycles. The van der Waals surface area contributed by atoms with E-state index < -0.39 is 5.91 Å². The summed E-state index contributed by atoms with van der Waals surface area (Å²) in [4.78, 5) is 22.9. The number of fused-ring (bicyclic) bond motifs is 1. The molecule has 64 valence electrons. The van der Waals surface area contributed by atoms with Gasteiger partial charge in [0.05, 0.1) is 0 Å². The first-order valence-electron chi connectivity index (χ1n) is 3.81. The third kappa shape index (κ3) is 1.26. The molecule has 0 saturated heterocycles. The van der Waals surface area contributed by atoms with Crippen molar-refractivity contribution in [1.82, 2.24) is 4.98 Å². The molecule has 0 spiro atoms. The van der Waals surface area contributed by atoms with Crippen LogP contribution in [-0.2, 0) is 4.79 Å². The van der Waals surface area contributed by atoms with Gasteiger partial charge in [-0.15, -0.1) is 0 Å². The summed E-state index contributed by atoms with van der Waals surface area (Å²) in [5.74, 6) is -0.391. The van der Waals surface area contributed by atoms with Gasteiger partial charge in [-0.1, -0.05) is 6.58 Å². The third-order valence-corrected chi connectivity index (χ3v) is 1.70. The van der Waals surface area contributed by atoms with Gasteiger partial charge in [-0.25, -0.2) is 15.0 Å². The first-order valence-corrected chi connectivity index (χ1v) is 3.81. The second-order valence-corrected chi connectivity index (χ2v) is 2.77. The maximum Gasteiger partial charge on any atom is 0.295 e. The zero-order valence-corrected chi connectivity index (χ0v) is 7.11. The summed E-state index contributed by atoms with van der Waals surface area (Å²) in [5, 5.41) is 0.517. The van der Waals surface area contributed by atoms with Crippen LogP contribution in [0.2, 0.25) is 0 Å². The number of hydrogen-bond donors (Lipinski definition) is 0. The van der Waals surface area contributed by atoms with E-state index in [2.05, 4.69) is 21.5 Å². The summed E-state index contributed by atoms with van der Waals surface area (Å²) in [5.41, 5.74) is 1.47. The van der Waals surface area contributed by atoms with Gasteiger partial charge in [-0.05, 0) is 19.1 Å². The molecule has 2 rings (SSSR count). The molecule has 0 unspecified atom stereocenters. The largest absolute Gasteiger partial charge is 0.295 e. The van der Waals surface area contributed by atoms with Crippen molar-refractivity contribution in [2.75, 3.05) is 0 Å². The lowest BCUT2D eigenvalue weighted by Crippen LogP contribution is -2.34. The Morgan fingerprint density at radius 3 is 2.85 bits per heavy atom. The Morgan fingerprint density at radius 1 is 1.31 bits per heavy atom. The molecule has 0 atom stereocenters. The van der Waals surface area contributed by atoms with Crippen LogP contribution in [0.1, 0.15) is 5.69 Å². The normalized spacial score (nSPS) is 14.5. The highest BCUT2D eigenvalue weighted by Crippen LogP contribution is 1.95. The average molecular weight is 173 g/mol. The SMILES string of the molecule is C=C1N=c2nc(C)ccc2=NC1=O. The number of rotatable bonds is 0. The van der Waals surface area contributed by atoms with Crippen LogP contribution in [0.3, 0.4) is 0 Å². The Hall–Kier alpha value is -1.84. The molecule has 2 heterocycles. The molecule has 0 N–H and O–H groups in total. The summed E-state index contributed by atoms with van der Waals surface area (Å²) < 4.78 is 0. The summed E-state index contributed by atoms with van der Waals surface area (Å²) in [6.07, 6.45) is 0. The van der Waals surface area contributed by atoms with E-state index in [0.717, 1.165) is 5.69 Å². The van der Waals surface area contributed by atoms with Gasteiger partial charge in [-0.3, -0.25) is 4.79 Å². The molecule has 1 aliphatic rings. The molecular formula is C9H7N3O. The van der Waals surface area contributed by atoms with E-state index in [1.807, 2.05) is 6.92 Å². The van der Waals surface area contributed by atoms with Crippen molar-refractivity contribution < 1.29 is 4.79 Å². The van der Waals surface area contributed by atoms with Crippen molar-refractivity contribution in [3.63, 3.8) is 0 Å². The van der Waals surface area contributed by atoms with Gasteiger partial charge < -0.3 is 0 Å². The van der Waals surface area contributed by atoms with Crippen molar-refractivity contribution in [3.05, 3.63) is 40.9 Å². The van der Waals surface area contributed by atoms with E-state index in [1.54, 1.807) is 12.1 Å². The number of aryl methyl sites for hydroxylation is 1. The van der Waals surface area contributed by atoms with E-state index in [-0.39, 0.29) is 5.70 Å². The molecule has 4 nitrogen and oxygen atoms in total. The summed E-state index contributed by atoms with van der Waals surface area (Å²) in [7, 11) is 0. The lowest BCUT2D eigenvalue weighted by atomic mass is 10.3. The number of hydrogen-bond acceptors (Lipinski definition) is 3. The van der Waals surface area contributed by atoms with E-state index in [4.69, 9.17) is 0 Å². The van der Waals surface area contributed by atoms with Gasteiger partial charge in [0.25, 0.3) is 5.91 Å². The lowest BCUT2D eigenvalue weighted by molar-refractivity contribution is -0.114. The highest BCUT2D eigenvalue weighted by atomic mass is 16.1. The fraction of sp³-hybridized carbons (Fsp3) is 0.111. The third-order valence-electron chi connectivity index (χ3n) is 1.70. The van der Waals surface area contributed by atoms with Gasteiger partial charge in [-0.2, -0.15) is 0 Å². The standard InChI is InChI=1S/C9H7N3O/c1-5-3-4-7-8(10-5)11-6(2)9(13)12-7/h3-4H,2H2,1H3. The van der Waals surface area contributed by atoms with Gasteiger partial charge >= 0.3 is 0 Å². The maximum atomic E-state index is 11.1. The van der Waals surface area contributed by atoms with E-state index >= 15 is 0 Å². The summed E-state index contributed by atoms with van der Waals surface area (Å²) in [6.45, 7) is 5.33. The second-order valence-electron chi connectivity index (χ2n) is 2.77. The molecule has 1 aromatic heterocycles. The fourth-order valence-electron chi connectivity index (χ4n) is 1.05. The highest BCUT2D eigenvalue weighted by Gasteiger charge is 2.08. The van der Waals surface area contributed by atoms with Crippen molar-refractivity contribution >= 4 is 5.91 Å². The number of nitrogens with zero attached hydrogens (tertiary/aromatic N) is 3. The number of pyridine rings is 1. The van der Waals surface area contributed by atoms with Crippen LogP contribution in [0, 0.1) is 6.92 Å². The number of aromatic nitrogens is 1. The molecule has 13 heavy (non-hydrogen) atoms. The van der Waals surface area contributed by atoms with Crippen LogP contribution in [0.15, 0.2) is 34.4 Å². The van der Waals surface area contributed by atoms with Crippen molar-refractivity contribution in [1.29, 1.82) is 0 Å². The van der Waals surface area contributed by atoms with Crippen LogP contribution >= 0.6 is 0 Å². The molecule has 0 bridgehead atoms. The minimum Gasteiger partial charge on any atom is -0.265 e. The Labute approximate surface area is 74.4 Å². The Kier molecular flexibility index (Phi) is 1.55. The molecule has 0 fully saturated rings. The van der Waals surface area contributed by atoms with E-state index in [0.29, 0.717) is 10.8 Å². The van der Waals surface area contributed by atoms with Gasteiger partial charge in [0.2, 0.25) is 0 Å². The Morgan fingerprint density at radius 2 is 2.08 bits per heavy atom. The molecule has 0 aromatic carbocycles. The van der Waals surface area contributed by atoms with Gasteiger partial charge in [0.15, 0.2) is 5.49 Å². The zero-order chi connectivity index (χ0) is 9.42. The Balaban J connectivity index is 2.85. The van der Waals surface area contributed by atoms with Crippen LogP contribution in [0.25, 0.3) is 0 Å². The first-order chi connectivity index (χ1) is 6.16. The summed E-state index contributed by atoms with van der Waals surface area (Å²) >= 11 is 0. The summed E-state index contributed by atoms with van der Waals surface area (Å²) in [6, 6.07) is 3.52. The monoisotopic (exact) mass is 173 g/mol. The highest BCUT2D eigenvalue weighted by molar-refractivity contribution is 5.93. The van der Waals surface area contributed by atoms with Crippen LogP contribution < -0.4 is 10.8 Å². The predicted molar refractivity (Wildman–Crippen MR) is 45.4 cm³/mol. The smallest absolute Gasteiger partial charge is 0.265 e. The fourth-order valence-corrected chi connectivity index (χ4v) is 1.05. The van der Waals surface area contributed by atoms with Crippen LogP contribution in [0.5, 0.6) is 0 Å². The quantitative estimate of drug-likeness (QED) is 0.505. The van der Waals surface area contributed by atoms with Crippen molar-refractivity contribution in [2.45, 2.75) is 6.92 Å². The zero-order valence-electron chi connectivity index (χ0n) is 7.11. The van der Waals surface area contributed by atoms with E-state index in [9.17, 15) is 4.79 Å². The van der Waals surface area contributed by atoms with Crippen LogP contribution in [-0.4, -0.2) is 10.9 Å². The van der Waals surface area contributed by atoms with Crippen molar-refractivity contribution in [2.24, 2.45) is 9.98 Å². The van der Waals surface area contributed by atoms with Crippen LogP contribution in [0.4, 0.5) is 0 Å². The van der Waals surface area contributed by atoms with E-state index in [1.165, 1.54) is 0 Å². The molecule has 1 aliphatic heterocycles. The number of carbonyl (C=O) groups is 1. The molecule has 4 heteroatoms. The second kappa shape index (κ2) is 2.58. The Bertz CT molecular complexity index is 516. The topological polar surface area (TPSA) is 54.7 Å². The first kappa shape index (κ1) is 7.79. The van der Waals surface area contributed by atoms with Gasteiger partial charge in [0.1, 0.15) is 11.1 Å². The maximum absolute atomic E-state index is 11.1. The average Bonchev–Trinajstić information content (AvgIpc) is 2.08. The minimum atomic E-state index is -0.391.